The Balaban J connectivity index is 2.60. The summed E-state index contributed by atoms with van der Waals surface area (Å²) in [5.74, 6) is -3.33. The Kier molecular flexibility index (Phi) is 7.52. The maximum absolute atomic E-state index is 12.9. The smallest absolute Gasteiger partial charge is 0.277 e. The Morgan fingerprint density at radius 2 is 1.88 bits per heavy atom. The molecule has 0 spiro atoms. The van der Waals surface area contributed by atoms with Gasteiger partial charge in [-0.25, -0.2) is 21.9 Å². The van der Waals surface area contributed by atoms with Gasteiger partial charge in [0, 0.05) is 19.0 Å². The van der Waals surface area contributed by atoms with E-state index in [-0.39, 0.29) is 23.6 Å². The lowest BCUT2D eigenvalue weighted by molar-refractivity contribution is -0.122. The van der Waals surface area contributed by atoms with E-state index in [0.717, 1.165) is 0 Å². The molecule has 0 unspecified atom stereocenters. The molecule has 25 heavy (non-hydrogen) atoms. The SMILES string of the molecule is COc1ccc(S(=O)(=O)NCCC(=O)NCC(F)(F)CN)cc1OC. The monoisotopic (exact) mass is 381 g/mol. The molecule has 0 atom stereocenters. The predicted molar refractivity (Wildman–Crippen MR) is 86.4 cm³/mol. The highest BCUT2D eigenvalue weighted by molar-refractivity contribution is 7.89. The van der Waals surface area contributed by atoms with Crippen molar-refractivity contribution < 1.29 is 31.5 Å². The molecule has 0 heterocycles. The van der Waals surface area contributed by atoms with Crippen LogP contribution in [0.1, 0.15) is 6.42 Å². The number of methoxy groups -OCH3 is 2. The van der Waals surface area contributed by atoms with Crippen molar-refractivity contribution in [3.05, 3.63) is 18.2 Å². The van der Waals surface area contributed by atoms with Gasteiger partial charge in [0.25, 0.3) is 5.92 Å². The van der Waals surface area contributed by atoms with Crippen molar-refractivity contribution in [2.75, 3.05) is 33.9 Å². The van der Waals surface area contributed by atoms with Gasteiger partial charge in [-0.1, -0.05) is 0 Å². The highest BCUT2D eigenvalue weighted by Crippen LogP contribution is 2.29. The van der Waals surface area contributed by atoms with Crippen LogP contribution in [0, 0.1) is 0 Å². The summed E-state index contributed by atoms with van der Waals surface area (Å²) in [5.41, 5.74) is 4.85. The van der Waals surface area contributed by atoms with Crippen molar-refractivity contribution >= 4 is 15.9 Å². The number of sulfonamides is 1. The van der Waals surface area contributed by atoms with Gasteiger partial charge in [0.05, 0.1) is 32.2 Å². The highest BCUT2D eigenvalue weighted by Gasteiger charge is 2.27. The first-order valence-electron chi connectivity index (χ1n) is 7.21. The van der Waals surface area contributed by atoms with Crippen LogP contribution >= 0.6 is 0 Å². The van der Waals surface area contributed by atoms with Crippen LogP contribution in [-0.2, 0) is 14.8 Å². The summed E-state index contributed by atoms with van der Waals surface area (Å²) in [6.07, 6.45) is -0.298. The van der Waals surface area contributed by atoms with Crippen molar-refractivity contribution in [2.45, 2.75) is 17.2 Å². The third-order valence-corrected chi connectivity index (χ3v) is 4.61. The second-order valence-electron chi connectivity index (χ2n) is 5.00. The minimum absolute atomic E-state index is 0.0831. The van der Waals surface area contributed by atoms with E-state index >= 15 is 0 Å². The van der Waals surface area contributed by atoms with Crippen molar-refractivity contribution in [3.8, 4) is 11.5 Å². The number of amides is 1. The van der Waals surface area contributed by atoms with E-state index in [1.165, 1.54) is 32.4 Å². The van der Waals surface area contributed by atoms with Gasteiger partial charge >= 0.3 is 0 Å². The maximum atomic E-state index is 12.9. The van der Waals surface area contributed by atoms with Gasteiger partial charge in [0.15, 0.2) is 11.5 Å². The van der Waals surface area contributed by atoms with E-state index < -0.39 is 34.9 Å². The molecule has 0 bridgehead atoms. The third kappa shape index (κ3) is 6.44. The van der Waals surface area contributed by atoms with Gasteiger partial charge < -0.3 is 20.5 Å². The largest absolute Gasteiger partial charge is 0.493 e. The van der Waals surface area contributed by atoms with Gasteiger partial charge in [-0.2, -0.15) is 0 Å². The van der Waals surface area contributed by atoms with Crippen molar-refractivity contribution in [3.63, 3.8) is 0 Å². The van der Waals surface area contributed by atoms with Crippen LogP contribution < -0.4 is 25.2 Å². The molecule has 0 saturated heterocycles. The number of rotatable bonds is 10. The number of ether oxygens (including phenoxy) is 2. The normalized spacial score (nSPS) is 11.9. The standard InChI is InChI=1S/C14H21F2N3O5S/c1-23-11-4-3-10(7-12(11)24-2)25(21,22)19-6-5-13(20)18-9-14(15,16)8-17/h3-4,7,19H,5-6,8-9,17H2,1-2H3,(H,18,20). The van der Waals surface area contributed by atoms with Crippen LogP contribution in [0.25, 0.3) is 0 Å². The van der Waals surface area contributed by atoms with Gasteiger partial charge in [0.2, 0.25) is 15.9 Å². The first kappa shape index (κ1) is 21.1. The Bertz CT molecular complexity index is 698. The molecule has 8 nitrogen and oxygen atoms in total. The first-order valence-corrected chi connectivity index (χ1v) is 8.70. The van der Waals surface area contributed by atoms with E-state index in [9.17, 15) is 22.0 Å². The van der Waals surface area contributed by atoms with E-state index in [1.807, 2.05) is 5.32 Å². The molecular formula is C14H21F2N3O5S. The topological polar surface area (TPSA) is 120 Å². The van der Waals surface area contributed by atoms with Crippen molar-refractivity contribution in [1.82, 2.24) is 10.0 Å². The number of nitrogens with two attached hydrogens (primary N) is 1. The molecule has 4 N–H and O–H groups in total. The van der Waals surface area contributed by atoms with Crippen LogP contribution in [-0.4, -0.2) is 54.1 Å². The number of alkyl halides is 2. The molecule has 0 aromatic heterocycles. The number of carbonyl (C=O) groups excluding carboxylic acids is 1. The van der Waals surface area contributed by atoms with Gasteiger partial charge in [-0.3, -0.25) is 4.79 Å². The second kappa shape index (κ2) is 8.92. The minimum Gasteiger partial charge on any atom is -0.493 e. The van der Waals surface area contributed by atoms with E-state index in [2.05, 4.69) is 4.72 Å². The van der Waals surface area contributed by atoms with Crippen molar-refractivity contribution in [2.24, 2.45) is 5.73 Å². The van der Waals surface area contributed by atoms with Crippen LogP contribution in [0.4, 0.5) is 8.78 Å². The number of hydrogen-bond donors (Lipinski definition) is 3. The molecule has 1 aromatic rings. The van der Waals surface area contributed by atoms with E-state index in [4.69, 9.17) is 15.2 Å². The Morgan fingerprint density at radius 1 is 1.24 bits per heavy atom. The van der Waals surface area contributed by atoms with Crippen LogP contribution in [0.15, 0.2) is 23.1 Å². The maximum Gasteiger partial charge on any atom is 0.277 e. The number of carbonyl (C=O) groups is 1. The second-order valence-corrected chi connectivity index (χ2v) is 6.77. The average Bonchev–Trinajstić information content (AvgIpc) is 2.59. The lowest BCUT2D eigenvalue weighted by Gasteiger charge is -2.14. The zero-order chi connectivity index (χ0) is 19.1. The summed E-state index contributed by atoms with van der Waals surface area (Å²) >= 11 is 0. The molecule has 0 aliphatic rings. The lowest BCUT2D eigenvalue weighted by Crippen LogP contribution is -2.42. The number of hydrogen-bond acceptors (Lipinski definition) is 6. The molecule has 142 valence electrons. The van der Waals surface area contributed by atoms with Crippen molar-refractivity contribution in [1.29, 1.82) is 0 Å². The molecule has 0 fully saturated rings. The Labute approximate surface area is 144 Å². The Hall–Kier alpha value is -1.98. The quantitative estimate of drug-likeness (QED) is 0.528. The van der Waals surface area contributed by atoms with Gasteiger partial charge in [-0.05, 0) is 12.1 Å². The number of halogens is 2. The summed E-state index contributed by atoms with van der Waals surface area (Å²) in [4.78, 5) is 11.4. The number of nitrogens with one attached hydrogen (secondary N) is 2. The number of benzene rings is 1. The van der Waals surface area contributed by atoms with Crippen LogP contribution in [0.5, 0.6) is 11.5 Å². The fraction of sp³-hybridized carbons (Fsp3) is 0.500. The van der Waals surface area contributed by atoms with E-state index in [0.29, 0.717) is 5.75 Å². The molecule has 1 rings (SSSR count). The molecular weight excluding hydrogens is 360 g/mol. The summed E-state index contributed by atoms with van der Waals surface area (Å²) in [5, 5.41) is 1.99. The fourth-order valence-electron chi connectivity index (χ4n) is 1.75. The van der Waals surface area contributed by atoms with E-state index in [1.54, 1.807) is 0 Å². The summed E-state index contributed by atoms with van der Waals surface area (Å²) in [6.45, 7) is -2.04. The molecule has 1 amide bonds. The van der Waals surface area contributed by atoms with Gasteiger partial charge in [-0.15, -0.1) is 0 Å². The molecule has 11 heteroatoms. The van der Waals surface area contributed by atoms with Crippen LogP contribution in [0.2, 0.25) is 0 Å². The van der Waals surface area contributed by atoms with Gasteiger partial charge in [0.1, 0.15) is 0 Å². The molecule has 0 aliphatic carbocycles. The molecule has 1 aromatic carbocycles. The highest BCUT2D eigenvalue weighted by atomic mass is 32.2. The fourth-order valence-corrected chi connectivity index (χ4v) is 2.80. The lowest BCUT2D eigenvalue weighted by atomic mass is 10.3. The zero-order valence-corrected chi connectivity index (χ0v) is 14.7. The average molecular weight is 381 g/mol. The van der Waals surface area contributed by atoms with Crippen LogP contribution in [0.3, 0.4) is 0 Å². The first-order chi connectivity index (χ1) is 11.6. The molecule has 0 aliphatic heterocycles. The summed E-state index contributed by atoms with van der Waals surface area (Å²) in [6, 6.07) is 4.00. The zero-order valence-electron chi connectivity index (χ0n) is 13.8. The summed E-state index contributed by atoms with van der Waals surface area (Å²) < 4.78 is 62.4. The molecule has 0 radical (unpaired) electrons. The molecule has 0 saturated carbocycles. The third-order valence-electron chi connectivity index (χ3n) is 3.15. The predicted octanol–water partition coefficient (Wildman–Crippen LogP) is 0.0824. The Morgan fingerprint density at radius 3 is 2.44 bits per heavy atom. The summed E-state index contributed by atoms with van der Waals surface area (Å²) in [7, 11) is -1.12. The minimum atomic E-state index is -3.90.